The number of Topliss-reactive ketones (excluding diaryl/α,β-unsaturated/α-hetero) is 2. The Hall–Kier alpha value is -1.60. The van der Waals surface area contributed by atoms with E-state index in [0.29, 0.717) is 52.3 Å². The summed E-state index contributed by atoms with van der Waals surface area (Å²) in [7, 11) is 3.01. The Kier molecular flexibility index (Phi) is 4.47. The van der Waals surface area contributed by atoms with Gasteiger partial charge in [-0.05, 0) is 24.3 Å². The molecule has 0 bridgehead atoms. The average Bonchev–Trinajstić information content (AvgIpc) is 3.13. The van der Waals surface area contributed by atoms with Crippen molar-refractivity contribution in [3.8, 4) is 11.5 Å². The van der Waals surface area contributed by atoms with Crippen molar-refractivity contribution in [1.82, 2.24) is 0 Å². The van der Waals surface area contributed by atoms with E-state index < -0.39 is 0 Å². The molecule has 0 aromatic heterocycles. The highest BCUT2D eigenvalue weighted by atomic mass is 35.5. The highest BCUT2D eigenvalue weighted by molar-refractivity contribution is 8.08. The summed E-state index contributed by atoms with van der Waals surface area (Å²) in [5.74, 6) is 0.515. The standard InChI is InChI=1S/C18H10Cl2O4S2/c1-23-7-3-9-13(21)17(25-15(9)11(19)5-7)18-14(22)10-4-8(24-2)6-12(20)16(10)26-18/h3-6H,1-2H3/b18-17+. The Morgan fingerprint density at radius 1 is 0.731 bits per heavy atom. The molecular formula is C18H10Cl2O4S2. The molecule has 26 heavy (non-hydrogen) atoms. The minimum Gasteiger partial charge on any atom is -0.497 e. The van der Waals surface area contributed by atoms with Crippen LogP contribution in [-0.4, -0.2) is 25.8 Å². The van der Waals surface area contributed by atoms with Crippen LogP contribution in [0.15, 0.2) is 43.9 Å². The van der Waals surface area contributed by atoms with Gasteiger partial charge in [-0.15, -0.1) is 0 Å². The summed E-state index contributed by atoms with van der Waals surface area (Å²) in [5.41, 5.74) is 0.879. The molecule has 0 fully saturated rings. The largest absolute Gasteiger partial charge is 0.497 e. The number of halogens is 2. The summed E-state index contributed by atoms with van der Waals surface area (Å²) in [4.78, 5) is 27.8. The molecule has 0 unspecified atom stereocenters. The molecular weight excluding hydrogens is 415 g/mol. The van der Waals surface area contributed by atoms with Gasteiger partial charge >= 0.3 is 0 Å². The number of fused-ring (bicyclic) bond motifs is 2. The van der Waals surface area contributed by atoms with Crippen molar-refractivity contribution >= 4 is 58.3 Å². The Balaban J connectivity index is 1.82. The molecule has 2 aromatic rings. The second-order valence-electron chi connectivity index (χ2n) is 5.49. The maximum atomic E-state index is 12.9. The maximum absolute atomic E-state index is 12.9. The zero-order chi connectivity index (χ0) is 18.6. The van der Waals surface area contributed by atoms with Crippen LogP contribution in [0.4, 0.5) is 0 Å². The van der Waals surface area contributed by atoms with E-state index in [1.165, 1.54) is 37.7 Å². The minimum atomic E-state index is -0.238. The predicted molar refractivity (Wildman–Crippen MR) is 103 cm³/mol. The van der Waals surface area contributed by atoms with Crippen LogP contribution in [0.1, 0.15) is 20.7 Å². The molecule has 0 N–H and O–H groups in total. The summed E-state index contributed by atoms with van der Waals surface area (Å²) in [6.45, 7) is 0. The van der Waals surface area contributed by atoms with Crippen LogP contribution in [0.25, 0.3) is 0 Å². The fraction of sp³-hybridized carbons (Fsp3) is 0.111. The van der Waals surface area contributed by atoms with E-state index in [9.17, 15) is 9.59 Å². The fourth-order valence-corrected chi connectivity index (χ4v) is 5.68. The Labute approximate surface area is 167 Å². The quantitative estimate of drug-likeness (QED) is 0.593. The number of allylic oxidation sites excluding steroid dienone is 2. The molecule has 0 amide bonds. The lowest BCUT2D eigenvalue weighted by Crippen LogP contribution is -2.02. The normalized spacial score (nSPS) is 18.2. The van der Waals surface area contributed by atoms with E-state index in [2.05, 4.69) is 0 Å². The fourth-order valence-electron chi connectivity index (χ4n) is 2.76. The van der Waals surface area contributed by atoms with Crippen LogP contribution in [0.5, 0.6) is 11.5 Å². The smallest absolute Gasteiger partial charge is 0.202 e. The first-order valence-corrected chi connectivity index (χ1v) is 9.78. The number of ether oxygens (including phenoxy) is 2. The van der Waals surface area contributed by atoms with E-state index in [-0.39, 0.29) is 11.6 Å². The van der Waals surface area contributed by atoms with Crippen LogP contribution in [0, 0.1) is 0 Å². The third-order valence-electron chi connectivity index (χ3n) is 4.02. The number of hydrogen-bond donors (Lipinski definition) is 0. The van der Waals surface area contributed by atoms with Crippen molar-refractivity contribution in [2.24, 2.45) is 0 Å². The molecule has 0 radical (unpaired) electrons. The number of rotatable bonds is 2. The molecule has 2 aliphatic heterocycles. The average molecular weight is 425 g/mol. The van der Waals surface area contributed by atoms with E-state index in [1.54, 1.807) is 24.3 Å². The molecule has 4 nitrogen and oxygen atoms in total. The van der Waals surface area contributed by atoms with Gasteiger partial charge in [0.15, 0.2) is 0 Å². The third kappa shape index (κ3) is 2.63. The predicted octanol–water partition coefficient (Wildman–Crippen LogP) is 5.50. The van der Waals surface area contributed by atoms with Gasteiger partial charge in [-0.3, -0.25) is 9.59 Å². The van der Waals surface area contributed by atoms with Crippen molar-refractivity contribution in [2.45, 2.75) is 9.79 Å². The zero-order valence-corrected chi connectivity index (χ0v) is 16.7. The number of benzene rings is 2. The van der Waals surface area contributed by atoms with Gasteiger partial charge in [-0.25, -0.2) is 0 Å². The second-order valence-corrected chi connectivity index (χ2v) is 8.35. The van der Waals surface area contributed by atoms with Gasteiger partial charge in [-0.2, -0.15) is 0 Å². The number of thioether (sulfide) groups is 2. The molecule has 0 atom stereocenters. The summed E-state index contributed by atoms with van der Waals surface area (Å²) in [5, 5.41) is 0.835. The van der Waals surface area contributed by atoms with Gasteiger partial charge in [0.25, 0.3) is 0 Å². The SMILES string of the molecule is COc1cc(Cl)c2c(c1)C(=O)/C(=C1\Sc3c(Cl)cc(OC)cc3C1=O)S2. The van der Waals surface area contributed by atoms with E-state index in [1.807, 2.05) is 0 Å². The minimum absolute atomic E-state index is 0.238. The van der Waals surface area contributed by atoms with Crippen molar-refractivity contribution in [3.05, 3.63) is 55.2 Å². The molecule has 2 heterocycles. The summed E-state index contributed by atoms with van der Waals surface area (Å²) in [6, 6.07) is 6.57. The van der Waals surface area contributed by atoms with Crippen LogP contribution in [-0.2, 0) is 0 Å². The van der Waals surface area contributed by atoms with Crippen LogP contribution >= 0.6 is 46.7 Å². The molecule has 0 saturated heterocycles. The lowest BCUT2D eigenvalue weighted by molar-refractivity contribution is 0.101. The molecule has 4 rings (SSSR count). The molecule has 0 aliphatic carbocycles. The zero-order valence-electron chi connectivity index (χ0n) is 13.5. The second kappa shape index (κ2) is 6.53. The van der Waals surface area contributed by atoms with Crippen molar-refractivity contribution in [2.75, 3.05) is 14.2 Å². The number of methoxy groups -OCH3 is 2. The molecule has 0 spiro atoms. The monoisotopic (exact) mass is 424 g/mol. The van der Waals surface area contributed by atoms with Gasteiger partial charge < -0.3 is 9.47 Å². The van der Waals surface area contributed by atoms with Gasteiger partial charge in [0.1, 0.15) is 11.5 Å². The highest BCUT2D eigenvalue weighted by Crippen LogP contribution is 2.53. The molecule has 2 aromatic carbocycles. The van der Waals surface area contributed by atoms with E-state index in [4.69, 9.17) is 32.7 Å². The first-order valence-electron chi connectivity index (χ1n) is 7.39. The molecule has 0 saturated carbocycles. The Morgan fingerprint density at radius 2 is 1.12 bits per heavy atom. The van der Waals surface area contributed by atoms with Crippen molar-refractivity contribution in [3.63, 3.8) is 0 Å². The van der Waals surface area contributed by atoms with Gasteiger partial charge in [0.05, 0.1) is 34.1 Å². The van der Waals surface area contributed by atoms with Crippen molar-refractivity contribution < 1.29 is 19.1 Å². The number of hydrogen-bond acceptors (Lipinski definition) is 6. The number of ketones is 2. The van der Waals surface area contributed by atoms with E-state index >= 15 is 0 Å². The molecule has 132 valence electrons. The topological polar surface area (TPSA) is 52.6 Å². The lowest BCUT2D eigenvalue weighted by Gasteiger charge is -2.03. The Morgan fingerprint density at radius 3 is 1.46 bits per heavy atom. The number of carbonyl (C=O) groups excluding carboxylic acids is 2. The van der Waals surface area contributed by atoms with Gasteiger partial charge in [0.2, 0.25) is 11.6 Å². The third-order valence-corrected chi connectivity index (χ3v) is 7.45. The first-order chi connectivity index (χ1) is 12.4. The van der Waals surface area contributed by atoms with Crippen LogP contribution in [0.3, 0.4) is 0 Å². The summed E-state index contributed by atoms with van der Waals surface area (Å²) in [6.07, 6.45) is 0. The lowest BCUT2D eigenvalue weighted by atomic mass is 10.1. The molecule has 2 aliphatic rings. The number of carbonyl (C=O) groups is 2. The molecule has 8 heteroatoms. The van der Waals surface area contributed by atoms with Gasteiger partial charge in [-0.1, -0.05) is 46.7 Å². The van der Waals surface area contributed by atoms with E-state index in [0.717, 1.165) is 0 Å². The highest BCUT2D eigenvalue weighted by Gasteiger charge is 2.38. The Bertz CT molecular complexity index is 949. The summed E-state index contributed by atoms with van der Waals surface area (Å²) < 4.78 is 10.4. The summed E-state index contributed by atoms with van der Waals surface area (Å²) >= 11 is 15.0. The first kappa shape index (κ1) is 17.8. The van der Waals surface area contributed by atoms with Crippen LogP contribution < -0.4 is 9.47 Å². The van der Waals surface area contributed by atoms with Crippen LogP contribution in [0.2, 0.25) is 10.0 Å². The van der Waals surface area contributed by atoms with Gasteiger partial charge in [0, 0.05) is 20.9 Å². The van der Waals surface area contributed by atoms with Crippen molar-refractivity contribution in [1.29, 1.82) is 0 Å². The maximum Gasteiger partial charge on any atom is 0.202 e.